The maximum Gasteiger partial charge on any atom is 0.146 e. The number of rotatable bonds is 4. The first-order valence-electron chi connectivity index (χ1n) is 5.06. The molecule has 0 aliphatic carbocycles. The third-order valence-electron chi connectivity index (χ3n) is 2.30. The molecule has 84 valence electrons. The predicted molar refractivity (Wildman–Crippen MR) is 59.2 cm³/mol. The first kappa shape index (κ1) is 10.8. The molecule has 5 heteroatoms. The summed E-state index contributed by atoms with van der Waals surface area (Å²) in [6, 6.07) is 3.61. The zero-order valence-corrected chi connectivity index (χ0v) is 9.05. The molecule has 3 N–H and O–H groups in total. The van der Waals surface area contributed by atoms with Crippen molar-refractivity contribution < 1.29 is 4.42 Å². The Kier molecular flexibility index (Phi) is 3.28. The quantitative estimate of drug-likeness (QED) is 0.594. The van der Waals surface area contributed by atoms with Crippen LogP contribution in [0.4, 0.5) is 0 Å². The Labute approximate surface area is 93.7 Å². The van der Waals surface area contributed by atoms with Gasteiger partial charge in [0.05, 0.1) is 12.3 Å². The molecule has 0 aromatic carbocycles. The Morgan fingerprint density at radius 3 is 2.75 bits per heavy atom. The lowest BCUT2D eigenvalue weighted by atomic mass is 10.1. The molecule has 0 saturated carbocycles. The van der Waals surface area contributed by atoms with Gasteiger partial charge >= 0.3 is 0 Å². The van der Waals surface area contributed by atoms with Crippen LogP contribution in [0.5, 0.6) is 0 Å². The van der Waals surface area contributed by atoms with Crippen LogP contribution in [-0.2, 0) is 6.42 Å². The van der Waals surface area contributed by atoms with Gasteiger partial charge in [0, 0.05) is 18.8 Å². The molecule has 0 radical (unpaired) electrons. The van der Waals surface area contributed by atoms with E-state index in [0.29, 0.717) is 12.2 Å². The summed E-state index contributed by atoms with van der Waals surface area (Å²) in [5.41, 5.74) is 3.72. The first-order chi connectivity index (χ1) is 7.79. The average molecular weight is 218 g/mol. The van der Waals surface area contributed by atoms with Gasteiger partial charge in [-0.3, -0.25) is 5.84 Å². The van der Waals surface area contributed by atoms with Crippen molar-refractivity contribution in [2.75, 3.05) is 0 Å². The van der Waals surface area contributed by atoms with E-state index in [2.05, 4.69) is 15.4 Å². The van der Waals surface area contributed by atoms with E-state index < -0.39 is 0 Å². The number of nitrogens with two attached hydrogens (primary N) is 1. The Morgan fingerprint density at radius 1 is 1.44 bits per heavy atom. The molecule has 1 atom stereocenters. The van der Waals surface area contributed by atoms with E-state index in [4.69, 9.17) is 10.3 Å². The molecule has 2 aromatic rings. The largest absolute Gasteiger partial charge is 0.469 e. The van der Waals surface area contributed by atoms with E-state index in [9.17, 15) is 0 Å². The second-order valence-electron chi connectivity index (χ2n) is 3.62. The molecule has 0 aliphatic rings. The molecule has 2 rings (SSSR count). The summed E-state index contributed by atoms with van der Waals surface area (Å²) in [6.07, 6.45) is 5.81. The van der Waals surface area contributed by atoms with Gasteiger partial charge in [-0.1, -0.05) is 0 Å². The predicted octanol–water partition coefficient (Wildman–Crippen LogP) is 1.13. The van der Waals surface area contributed by atoms with Crippen molar-refractivity contribution in [3.8, 4) is 0 Å². The van der Waals surface area contributed by atoms with Gasteiger partial charge in [0.1, 0.15) is 11.6 Å². The topological polar surface area (TPSA) is 77.0 Å². The highest BCUT2D eigenvalue weighted by atomic mass is 16.3. The molecule has 16 heavy (non-hydrogen) atoms. The van der Waals surface area contributed by atoms with Gasteiger partial charge in [-0.25, -0.2) is 15.4 Å². The van der Waals surface area contributed by atoms with E-state index >= 15 is 0 Å². The van der Waals surface area contributed by atoms with Crippen molar-refractivity contribution in [1.29, 1.82) is 0 Å². The van der Waals surface area contributed by atoms with Crippen molar-refractivity contribution in [2.24, 2.45) is 5.84 Å². The number of nitrogens with one attached hydrogen (secondary N) is 1. The zero-order valence-electron chi connectivity index (χ0n) is 9.05. The monoisotopic (exact) mass is 218 g/mol. The van der Waals surface area contributed by atoms with E-state index in [1.165, 1.54) is 0 Å². The summed E-state index contributed by atoms with van der Waals surface area (Å²) < 4.78 is 5.26. The molecule has 0 bridgehead atoms. The summed E-state index contributed by atoms with van der Waals surface area (Å²) in [5.74, 6) is 7.01. The maximum atomic E-state index is 5.49. The third-order valence-corrected chi connectivity index (χ3v) is 2.30. The molecule has 0 spiro atoms. The Bertz CT molecular complexity index is 424. The fourth-order valence-electron chi connectivity index (χ4n) is 1.44. The van der Waals surface area contributed by atoms with Crippen LogP contribution in [0.15, 0.2) is 35.2 Å². The summed E-state index contributed by atoms with van der Waals surface area (Å²) in [5, 5.41) is 0. The molecule has 0 saturated heterocycles. The fourth-order valence-corrected chi connectivity index (χ4v) is 1.44. The number of furan rings is 1. The van der Waals surface area contributed by atoms with Gasteiger partial charge < -0.3 is 4.42 Å². The van der Waals surface area contributed by atoms with E-state index in [1.54, 1.807) is 18.7 Å². The third kappa shape index (κ3) is 2.44. The molecule has 2 aromatic heterocycles. The van der Waals surface area contributed by atoms with Crippen molar-refractivity contribution in [3.63, 3.8) is 0 Å². The molecule has 5 nitrogen and oxygen atoms in total. The number of hydrogen-bond acceptors (Lipinski definition) is 5. The van der Waals surface area contributed by atoms with Crippen LogP contribution in [0.3, 0.4) is 0 Å². The molecular weight excluding hydrogens is 204 g/mol. The summed E-state index contributed by atoms with van der Waals surface area (Å²) >= 11 is 0. The lowest BCUT2D eigenvalue weighted by molar-refractivity contribution is 0.443. The molecule has 2 heterocycles. The van der Waals surface area contributed by atoms with Crippen LogP contribution in [0.25, 0.3) is 0 Å². The van der Waals surface area contributed by atoms with Crippen LogP contribution in [0.1, 0.15) is 23.2 Å². The number of nitrogens with zero attached hydrogens (tertiary/aromatic N) is 2. The van der Waals surface area contributed by atoms with Crippen LogP contribution in [0, 0.1) is 6.92 Å². The Hall–Kier alpha value is -1.72. The minimum Gasteiger partial charge on any atom is -0.469 e. The van der Waals surface area contributed by atoms with Gasteiger partial charge in [0.25, 0.3) is 0 Å². The molecule has 1 unspecified atom stereocenters. The lowest BCUT2D eigenvalue weighted by Gasteiger charge is -2.12. The molecule has 0 aliphatic heterocycles. The van der Waals surface area contributed by atoms with E-state index in [1.807, 2.05) is 19.1 Å². The average Bonchev–Trinajstić information content (AvgIpc) is 2.80. The highest BCUT2D eigenvalue weighted by Gasteiger charge is 2.14. The minimum atomic E-state index is -0.133. The fraction of sp³-hybridized carbons (Fsp3) is 0.273. The van der Waals surface area contributed by atoms with Crippen molar-refractivity contribution in [2.45, 2.75) is 19.4 Å². The van der Waals surface area contributed by atoms with Gasteiger partial charge in [-0.2, -0.15) is 0 Å². The second kappa shape index (κ2) is 4.87. The molecular formula is C11H14N4O. The number of hydrazine groups is 1. The summed E-state index contributed by atoms with van der Waals surface area (Å²) in [4.78, 5) is 8.47. The summed E-state index contributed by atoms with van der Waals surface area (Å²) in [7, 11) is 0. The highest BCUT2D eigenvalue weighted by Crippen LogP contribution is 2.14. The SMILES string of the molecule is Cc1cnc(C(Cc2ccco2)NN)nc1. The lowest BCUT2D eigenvalue weighted by Crippen LogP contribution is -2.30. The second-order valence-corrected chi connectivity index (χ2v) is 3.62. The Morgan fingerprint density at radius 2 is 2.19 bits per heavy atom. The van der Waals surface area contributed by atoms with Gasteiger partial charge in [-0.05, 0) is 24.6 Å². The summed E-state index contributed by atoms with van der Waals surface area (Å²) in [6.45, 7) is 1.95. The maximum absolute atomic E-state index is 5.49. The smallest absolute Gasteiger partial charge is 0.146 e. The van der Waals surface area contributed by atoms with Crippen molar-refractivity contribution >= 4 is 0 Å². The molecule has 0 amide bonds. The van der Waals surface area contributed by atoms with Crippen LogP contribution in [0.2, 0.25) is 0 Å². The molecule has 0 fully saturated rings. The van der Waals surface area contributed by atoms with E-state index in [0.717, 1.165) is 11.3 Å². The zero-order chi connectivity index (χ0) is 11.4. The number of aromatic nitrogens is 2. The highest BCUT2D eigenvalue weighted by molar-refractivity contribution is 5.08. The van der Waals surface area contributed by atoms with Gasteiger partial charge in [0.15, 0.2) is 0 Å². The first-order valence-corrected chi connectivity index (χ1v) is 5.06. The van der Waals surface area contributed by atoms with Crippen LogP contribution >= 0.6 is 0 Å². The number of aryl methyl sites for hydroxylation is 1. The standard InChI is InChI=1S/C11H14N4O/c1-8-6-13-11(14-7-8)10(15-12)5-9-3-2-4-16-9/h2-4,6-7,10,15H,5,12H2,1H3. The minimum absolute atomic E-state index is 0.133. The van der Waals surface area contributed by atoms with E-state index in [-0.39, 0.29) is 6.04 Å². The Balaban J connectivity index is 2.13. The van der Waals surface area contributed by atoms with Crippen LogP contribution in [-0.4, -0.2) is 9.97 Å². The van der Waals surface area contributed by atoms with Gasteiger partial charge in [-0.15, -0.1) is 0 Å². The normalized spacial score (nSPS) is 12.6. The van der Waals surface area contributed by atoms with Crippen molar-refractivity contribution in [1.82, 2.24) is 15.4 Å². The van der Waals surface area contributed by atoms with Crippen LogP contribution < -0.4 is 11.3 Å². The number of hydrogen-bond donors (Lipinski definition) is 2. The van der Waals surface area contributed by atoms with Crippen molar-refractivity contribution in [3.05, 3.63) is 47.9 Å². The van der Waals surface area contributed by atoms with Gasteiger partial charge in [0.2, 0.25) is 0 Å².